The van der Waals surface area contributed by atoms with E-state index in [9.17, 15) is 0 Å². The van der Waals surface area contributed by atoms with Gasteiger partial charge in [0.05, 0.1) is 12.3 Å². The molecule has 0 aliphatic carbocycles. The van der Waals surface area contributed by atoms with Crippen molar-refractivity contribution >= 4 is 5.71 Å². The lowest BCUT2D eigenvalue weighted by atomic mass is 10.1. The fraction of sp³-hybridized carbons (Fsp3) is 0.357. The van der Waals surface area contributed by atoms with Crippen LogP contribution in [-0.4, -0.2) is 12.3 Å². The third-order valence-electron chi connectivity index (χ3n) is 2.41. The summed E-state index contributed by atoms with van der Waals surface area (Å²) in [6, 6.07) is 7.84. The van der Waals surface area contributed by atoms with Crippen LogP contribution in [0.25, 0.3) is 0 Å². The van der Waals surface area contributed by atoms with E-state index in [4.69, 9.17) is 10.5 Å². The highest BCUT2D eigenvalue weighted by Crippen LogP contribution is 2.13. The molecule has 4 nitrogen and oxygen atoms in total. The largest absolute Gasteiger partial charge is 0.494 e. The second kappa shape index (κ2) is 7.37. The number of unbranched alkanes of at least 4 members (excludes halogenated alkanes) is 1. The Morgan fingerprint density at radius 2 is 2.06 bits per heavy atom. The van der Waals surface area contributed by atoms with Crippen LogP contribution in [0.3, 0.4) is 0 Å². The molecule has 0 heterocycles. The smallest absolute Gasteiger partial charge is 0.119 e. The third-order valence-corrected chi connectivity index (χ3v) is 2.41. The fourth-order valence-corrected chi connectivity index (χ4v) is 1.35. The van der Waals surface area contributed by atoms with Gasteiger partial charge in [-0.15, -0.1) is 0 Å². The molecule has 0 aliphatic rings. The molecule has 18 heavy (non-hydrogen) atoms. The van der Waals surface area contributed by atoms with Gasteiger partial charge in [0.15, 0.2) is 0 Å². The van der Waals surface area contributed by atoms with Gasteiger partial charge in [-0.3, -0.25) is 5.43 Å². The molecule has 0 radical (unpaired) electrons. The average molecular weight is 247 g/mol. The molecule has 0 fully saturated rings. The Labute approximate surface area is 109 Å². The Hall–Kier alpha value is -1.97. The topological polar surface area (TPSA) is 59.6 Å². The van der Waals surface area contributed by atoms with Crippen LogP contribution in [-0.2, 0) is 0 Å². The molecule has 0 spiro atoms. The monoisotopic (exact) mass is 247 g/mol. The SMILES string of the molecule is C=C(N)N/N=C(\C)c1ccc(OCCCC)cc1. The van der Waals surface area contributed by atoms with Gasteiger partial charge < -0.3 is 10.5 Å². The van der Waals surface area contributed by atoms with Crippen molar-refractivity contribution in [2.45, 2.75) is 26.7 Å². The summed E-state index contributed by atoms with van der Waals surface area (Å²) in [5, 5.41) is 4.10. The first-order valence-corrected chi connectivity index (χ1v) is 6.11. The van der Waals surface area contributed by atoms with E-state index in [1.165, 1.54) is 0 Å². The summed E-state index contributed by atoms with van der Waals surface area (Å²) in [6.45, 7) is 8.33. The van der Waals surface area contributed by atoms with Crippen molar-refractivity contribution in [3.8, 4) is 5.75 Å². The van der Waals surface area contributed by atoms with Crippen LogP contribution in [0, 0.1) is 0 Å². The van der Waals surface area contributed by atoms with Gasteiger partial charge in [-0.2, -0.15) is 5.10 Å². The van der Waals surface area contributed by atoms with E-state index in [2.05, 4.69) is 24.0 Å². The number of ether oxygens (including phenoxy) is 1. The number of benzene rings is 1. The number of nitrogens with two attached hydrogens (primary N) is 1. The molecule has 4 heteroatoms. The Morgan fingerprint density at radius 3 is 2.61 bits per heavy atom. The normalized spacial score (nSPS) is 11.1. The van der Waals surface area contributed by atoms with E-state index >= 15 is 0 Å². The lowest BCUT2D eigenvalue weighted by molar-refractivity contribution is 0.309. The number of hydrogen-bond acceptors (Lipinski definition) is 4. The summed E-state index contributed by atoms with van der Waals surface area (Å²) in [5.74, 6) is 1.21. The second-order valence-electron chi connectivity index (χ2n) is 4.06. The van der Waals surface area contributed by atoms with Gasteiger partial charge in [-0.1, -0.05) is 19.9 Å². The Bertz CT molecular complexity index is 410. The van der Waals surface area contributed by atoms with Crippen LogP contribution in [0.5, 0.6) is 5.75 Å². The third kappa shape index (κ3) is 4.91. The van der Waals surface area contributed by atoms with E-state index in [-0.39, 0.29) is 0 Å². The van der Waals surface area contributed by atoms with E-state index in [0.717, 1.165) is 36.5 Å². The predicted molar refractivity (Wildman–Crippen MR) is 75.5 cm³/mol. The first-order valence-electron chi connectivity index (χ1n) is 6.11. The van der Waals surface area contributed by atoms with Gasteiger partial charge in [0, 0.05) is 0 Å². The van der Waals surface area contributed by atoms with Crippen molar-refractivity contribution in [2.75, 3.05) is 6.61 Å². The lowest BCUT2D eigenvalue weighted by Crippen LogP contribution is -2.14. The molecular weight excluding hydrogens is 226 g/mol. The number of nitrogens with zero attached hydrogens (tertiary/aromatic N) is 1. The summed E-state index contributed by atoms with van der Waals surface area (Å²) < 4.78 is 5.59. The van der Waals surface area contributed by atoms with E-state index < -0.39 is 0 Å². The van der Waals surface area contributed by atoms with Crippen LogP contribution in [0.15, 0.2) is 41.8 Å². The van der Waals surface area contributed by atoms with Crippen molar-refractivity contribution in [1.82, 2.24) is 5.43 Å². The van der Waals surface area contributed by atoms with Crippen LogP contribution in [0.4, 0.5) is 0 Å². The maximum Gasteiger partial charge on any atom is 0.119 e. The first-order chi connectivity index (χ1) is 8.63. The Balaban J connectivity index is 2.59. The molecule has 0 saturated carbocycles. The van der Waals surface area contributed by atoms with Gasteiger partial charge in [-0.05, 0) is 43.2 Å². The fourth-order valence-electron chi connectivity index (χ4n) is 1.35. The van der Waals surface area contributed by atoms with Crippen molar-refractivity contribution in [2.24, 2.45) is 10.8 Å². The van der Waals surface area contributed by atoms with Gasteiger partial charge in [-0.25, -0.2) is 0 Å². The number of hydrogen-bond donors (Lipinski definition) is 2. The minimum atomic E-state index is 0.328. The molecule has 0 aromatic heterocycles. The van der Waals surface area contributed by atoms with Gasteiger partial charge in [0.2, 0.25) is 0 Å². The van der Waals surface area contributed by atoms with Crippen molar-refractivity contribution in [3.63, 3.8) is 0 Å². The highest BCUT2D eigenvalue weighted by Gasteiger charge is 1.99. The predicted octanol–water partition coefficient (Wildman–Crippen LogP) is 2.61. The number of nitrogens with one attached hydrogen (secondary N) is 1. The summed E-state index contributed by atoms with van der Waals surface area (Å²) in [7, 11) is 0. The highest BCUT2D eigenvalue weighted by atomic mass is 16.5. The van der Waals surface area contributed by atoms with Crippen molar-refractivity contribution in [3.05, 3.63) is 42.2 Å². The first kappa shape index (κ1) is 14.1. The summed E-state index contributed by atoms with van der Waals surface area (Å²) >= 11 is 0. The molecule has 1 rings (SSSR count). The van der Waals surface area contributed by atoms with Gasteiger partial charge >= 0.3 is 0 Å². The zero-order valence-electron chi connectivity index (χ0n) is 11.1. The van der Waals surface area contributed by atoms with E-state index in [0.29, 0.717) is 5.82 Å². The van der Waals surface area contributed by atoms with Gasteiger partial charge in [0.25, 0.3) is 0 Å². The van der Waals surface area contributed by atoms with Gasteiger partial charge in [0.1, 0.15) is 11.6 Å². The molecule has 98 valence electrons. The summed E-state index contributed by atoms with van der Waals surface area (Å²) in [6.07, 6.45) is 2.21. The standard InChI is InChI=1S/C14H21N3O/c1-4-5-10-18-14-8-6-13(7-9-14)11(2)16-17-12(3)15/h6-9,17H,3-5,10,15H2,1-2H3/b16-11+. The van der Waals surface area contributed by atoms with E-state index in [1.807, 2.05) is 31.2 Å². The molecule has 0 unspecified atom stereocenters. The average Bonchev–Trinajstić information content (AvgIpc) is 2.37. The molecule has 3 N–H and O–H groups in total. The zero-order chi connectivity index (χ0) is 13.4. The number of rotatable bonds is 7. The quantitative estimate of drug-likeness (QED) is 0.442. The Kier molecular flexibility index (Phi) is 5.77. The second-order valence-corrected chi connectivity index (χ2v) is 4.06. The van der Waals surface area contributed by atoms with Crippen molar-refractivity contribution < 1.29 is 4.74 Å². The molecule has 0 saturated heterocycles. The molecule has 0 bridgehead atoms. The highest BCUT2D eigenvalue weighted by molar-refractivity contribution is 5.98. The zero-order valence-corrected chi connectivity index (χ0v) is 11.1. The Morgan fingerprint density at radius 1 is 1.39 bits per heavy atom. The van der Waals surface area contributed by atoms with Crippen LogP contribution < -0.4 is 15.9 Å². The summed E-state index contributed by atoms with van der Waals surface area (Å²) in [4.78, 5) is 0. The van der Waals surface area contributed by atoms with E-state index in [1.54, 1.807) is 0 Å². The summed E-state index contributed by atoms with van der Waals surface area (Å²) in [5.41, 5.74) is 9.89. The molecule has 1 aromatic carbocycles. The lowest BCUT2D eigenvalue weighted by Gasteiger charge is -2.06. The molecule has 0 atom stereocenters. The molecule has 0 aliphatic heterocycles. The van der Waals surface area contributed by atoms with Crippen LogP contribution in [0.1, 0.15) is 32.3 Å². The maximum absolute atomic E-state index is 5.59. The minimum absolute atomic E-state index is 0.328. The van der Waals surface area contributed by atoms with Crippen LogP contribution in [0.2, 0.25) is 0 Å². The molecular formula is C14H21N3O. The maximum atomic E-state index is 5.59. The van der Waals surface area contributed by atoms with Crippen LogP contribution >= 0.6 is 0 Å². The number of hydrazone groups is 1. The molecule has 1 aromatic rings. The molecule has 0 amide bonds. The van der Waals surface area contributed by atoms with Crippen molar-refractivity contribution in [1.29, 1.82) is 0 Å². The minimum Gasteiger partial charge on any atom is -0.494 e.